The van der Waals surface area contributed by atoms with E-state index in [1.807, 2.05) is 19.9 Å². The minimum Gasteiger partial charge on any atom is -0.485 e. The quantitative estimate of drug-likeness (QED) is 0.198. The van der Waals surface area contributed by atoms with E-state index in [9.17, 15) is 14.7 Å². The molecule has 0 saturated heterocycles. The number of ether oxygens (including phenoxy) is 1. The van der Waals surface area contributed by atoms with Gasteiger partial charge in [-0.2, -0.15) is 0 Å². The summed E-state index contributed by atoms with van der Waals surface area (Å²) in [6.07, 6.45) is 1.88. The third kappa shape index (κ3) is 6.40. The fourth-order valence-corrected chi connectivity index (χ4v) is 5.11. The summed E-state index contributed by atoms with van der Waals surface area (Å²) in [5.41, 5.74) is 3.02. The number of H-pyrrole nitrogens is 1. The maximum atomic E-state index is 15.7. The van der Waals surface area contributed by atoms with Crippen molar-refractivity contribution in [2.75, 3.05) is 6.61 Å². The predicted octanol–water partition coefficient (Wildman–Crippen LogP) is 5.77. The first-order valence-electron chi connectivity index (χ1n) is 14.6. The minimum atomic E-state index is -0.747. The molecular weight excluding hydrogens is 563 g/mol. The maximum Gasteiger partial charge on any atom is 0.439 e. The Morgan fingerprint density at radius 2 is 1.70 bits per heavy atom. The van der Waals surface area contributed by atoms with Crippen LogP contribution < -0.4 is 16.1 Å². The lowest BCUT2D eigenvalue weighted by Crippen LogP contribution is -2.32. The number of aryl methyl sites for hydroxylation is 2. The van der Waals surface area contributed by atoms with Gasteiger partial charge in [0.1, 0.15) is 23.0 Å². The van der Waals surface area contributed by atoms with Crippen molar-refractivity contribution in [3.63, 3.8) is 0 Å². The van der Waals surface area contributed by atoms with Crippen LogP contribution in [0.3, 0.4) is 0 Å². The first kappa shape index (κ1) is 30.6. The molecule has 0 fully saturated rings. The van der Waals surface area contributed by atoms with E-state index in [0.29, 0.717) is 63.5 Å². The average molecular weight is 599 g/mol. The molecule has 2 aromatic heterocycles. The molecule has 2 N–H and O–H groups in total. The van der Waals surface area contributed by atoms with Gasteiger partial charge < -0.3 is 9.84 Å². The highest BCUT2D eigenvalue weighted by molar-refractivity contribution is 5.80. The number of aromatic amines is 1. The van der Waals surface area contributed by atoms with E-state index in [2.05, 4.69) is 14.7 Å². The Balaban J connectivity index is 1.53. The lowest BCUT2D eigenvalue weighted by molar-refractivity contribution is 0.0413. The Morgan fingerprint density at radius 1 is 1.00 bits per heavy atom. The summed E-state index contributed by atoms with van der Waals surface area (Å²) in [6.45, 7) is 7.40. The molecule has 5 rings (SSSR count). The van der Waals surface area contributed by atoms with Crippen molar-refractivity contribution in [3.05, 3.63) is 111 Å². The second-order valence-electron chi connectivity index (χ2n) is 11.2. The van der Waals surface area contributed by atoms with E-state index in [4.69, 9.17) is 9.72 Å². The number of halogens is 1. The molecule has 228 valence electrons. The molecular formula is C34H35FN4O5. The molecule has 0 aliphatic carbocycles. The van der Waals surface area contributed by atoms with E-state index in [0.717, 1.165) is 6.42 Å². The molecule has 0 amide bonds. The summed E-state index contributed by atoms with van der Waals surface area (Å²) in [5.74, 6) is 0.264. The molecule has 0 bridgehead atoms. The highest BCUT2D eigenvalue weighted by Gasteiger charge is 2.21. The zero-order valence-electron chi connectivity index (χ0n) is 25.2. The number of aliphatic hydroxyl groups excluding tert-OH is 1. The zero-order chi connectivity index (χ0) is 31.4. The van der Waals surface area contributed by atoms with E-state index < -0.39 is 17.2 Å². The molecule has 0 atom stereocenters. The third-order valence-electron chi connectivity index (χ3n) is 7.36. The number of aliphatic hydroxyl groups is 1. The van der Waals surface area contributed by atoms with Crippen LogP contribution in [0.25, 0.3) is 33.6 Å². The van der Waals surface area contributed by atoms with Crippen molar-refractivity contribution < 1.29 is 18.8 Å². The Bertz CT molecular complexity index is 1890. The highest BCUT2D eigenvalue weighted by Crippen LogP contribution is 2.31. The lowest BCUT2D eigenvalue weighted by Gasteiger charge is -2.24. The molecule has 0 aliphatic rings. The second kappa shape index (κ2) is 12.8. The first-order chi connectivity index (χ1) is 21.1. The van der Waals surface area contributed by atoms with Gasteiger partial charge >= 0.3 is 5.76 Å². The summed E-state index contributed by atoms with van der Waals surface area (Å²) >= 11 is 0. The van der Waals surface area contributed by atoms with E-state index in [1.165, 1.54) is 6.07 Å². The number of aromatic nitrogens is 4. The van der Waals surface area contributed by atoms with Crippen molar-refractivity contribution in [1.82, 2.24) is 19.7 Å². The molecule has 3 aromatic carbocycles. The van der Waals surface area contributed by atoms with Crippen LogP contribution in [0.2, 0.25) is 0 Å². The van der Waals surface area contributed by atoms with Crippen molar-refractivity contribution in [2.24, 2.45) is 0 Å². The van der Waals surface area contributed by atoms with Crippen LogP contribution in [0.15, 0.2) is 80.8 Å². The SMILES string of the molecule is CCCc1nc(CC)c(-c2ccc(OC(C)(C)CO)cc2)c(=O)n1Cc1ccc(-c2ccccc2-c2noc(=O)[nH]2)cc1F. The van der Waals surface area contributed by atoms with Crippen LogP contribution in [0.1, 0.15) is 51.2 Å². The zero-order valence-corrected chi connectivity index (χ0v) is 25.2. The largest absolute Gasteiger partial charge is 0.485 e. The van der Waals surface area contributed by atoms with Crippen LogP contribution in [0, 0.1) is 5.82 Å². The highest BCUT2D eigenvalue weighted by atomic mass is 19.1. The van der Waals surface area contributed by atoms with Gasteiger partial charge in [0.2, 0.25) is 0 Å². The summed E-state index contributed by atoms with van der Waals surface area (Å²) in [4.78, 5) is 33.1. The van der Waals surface area contributed by atoms with Crippen molar-refractivity contribution in [3.8, 4) is 39.4 Å². The molecule has 0 radical (unpaired) electrons. The molecule has 0 unspecified atom stereocenters. The summed E-state index contributed by atoms with van der Waals surface area (Å²) in [7, 11) is 0. The van der Waals surface area contributed by atoms with Crippen LogP contribution in [-0.2, 0) is 19.4 Å². The average Bonchev–Trinajstić information content (AvgIpc) is 3.46. The monoisotopic (exact) mass is 598 g/mol. The summed E-state index contributed by atoms with van der Waals surface area (Å²) in [6, 6.07) is 19.2. The van der Waals surface area contributed by atoms with Crippen molar-refractivity contribution in [2.45, 2.75) is 59.1 Å². The standard InChI is InChI=1S/C34H35FN4O5/c1-5-9-29-36-28(6-2)30(21-14-16-24(17-15-21)43-34(3,4)20-40)32(41)39(29)19-23-13-12-22(18-27(23)35)25-10-7-8-11-26(25)31-37-33(42)44-38-31/h7-8,10-18,40H,5-6,9,19-20H2,1-4H3,(H,37,38,42). The number of benzene rings is 3. The lowest BCUT2D eigenvalue weighted by atomic mass is 9.98. The van der Waals surface area contributed by atoms with Gasteiger partial charge in [-0.1, -0.05) is 67.5 Å². The van der Waals surface area contributed by atoms with E-state index in [1.54, 1.807) is 73.0 Å². The van der Waals surface area contributed by atoms with Crippen LogP contribution >= 0.6 is 0 Å². The Labute approximate surface area is 254 Å². The third-order valence-corrected chi connectivity index (χ3v) is 7.36. The van der Waals surface area contributed by atoms with E-state index in [-0.39, 0.29) is 24.5 Å². The number of hydrogen-bond donors (Lipinski definition) is 2. The van der Waals surface area contributed by atoms with Gasteiger partial charge in [-0.3, -0.25) is 18.9 Å². The number of hydrogen-bond acceptors (Lipinski definition) is 7. The van der Waals surface area contributed by atoms with Gasteiger partial charge in [0.05, 0.1) is 24.4 Å². The van der Waals surface area contributed by atoms with Crippen LogP contribution in [0.5, 0.6) is 5.75 Å². The topological polar surface area (TPSA) is 123 Å². The van der Waals surface area contributed by atoms with Gasteiger partial charge in [-0.15, -0.1) is 0 Å². The van der Waals surface area contributed by atoms with Gasteiger partial charge in [-0.25, -0.2) is 14.2 Å². The Hall–Kier alpha value is -4.83. The molecule has 9 nitrogen and oxygen atoms in total. The molecule has 0 spiro atoms. The molecule has 5 aromatic rings. The van der Waals surface area contributed by atoms with E-state index >= 15 is 4.39 Å². The maximum absolute atomic E-state index is 15.7. The second-order valence-corrected chi connectivity index (χ2v) is 11.2. The molecule has 2 heterocycles. The number of nitrogens with zero attached hydrogens (tertiary/aromatic N) is 3. The molecule has 0 aliphatic heterocycles. The van der Waals surface area contributed by atoms with Crippen molar-refractivity contribution in [1.29, 1.82) is 0 Å². The Morgan fingerprint density at radius 3 is 2.32 bits per heavy atom. The Kier molecular flexibility index (Phi) is 8.91. The summed E-state index contributed by atoms with van der Waals surface area (Å²) < 4.78 is 27.8. The fraction of sp³-hybridized carbons (Fsp3) is 0.294. The van der Waals surface area contributed by atoms with Gasteiger partial charge in [0.25, 0.3) is 5.56 Å². The summed E-state index contributed by atoms with van der Waals surface area (Å²) in [5, 5.41) is 13.3. The molecule has 10 heteroatoms. The first-order valence-corrected chi connectivity index (χ1v) is 14.6. The van der Waals surface area contributed by atoms with Gasteiger partial charge in [0, 0.05) is 17.5 Å². The van der Waals surface area contributed by atoms with Gasteiger partial charge in [-0.05, 0) is 61.6 Å². The fourth-order valence-electron chi connectivity index (χ4n) is 5.11. The van der Waals surface area contributed by atoms with Crippen molar-refractivity contribution >= 4 is 0 Å². The van der Waals surface area contributed by atoms with Crippen LogP contribution in [-0.4, -0.2) is 37.0 Å². The molecule has 44 heavy (non-hydrogen) atoms. The number of rotatable bonds is 11. The van der Waals surface area contributed by atoms with Gasteiger partial charge in [0.15, 0.2) is 5.82 Å². The number of nitrogens with one attached hydrogen (secondary N) is 1. The molecule has 0 saturated carbocycles. The smallest absolute Gasteiger partial charge is 0.439 e. The normalized spacial score (nSPS) is 11.6. The minimum absolute atomic E-state index is 0.00834. The van der Waals surface area contributed by atoms with Crippen LogP contribution in [0.4, 0.5) is 4.39 Å². The predicted molar refractivity (Wildman–Crippen MR) is 166 cm³/mol.